The quantitative estimate of drug-likeness (QED) is 0.524. The van der Waals surface area contributed by atoms with Crippen molar-refractivity contribution in [3.63, 3.8) is 0 Å². The molecule has 3 aromatic heterocycles. The molecule has 0 amide bonds. The minimum atomic E-state index is -4.79. The largest absolute Gasteiger partial charge is 0.573 e. The molecule has 1 aromatic carbocycles. The summed E-state index contributed by atoms with van der Waals surface area (Å²) in [4.78, 5) is 25.9. The van der Waals surface area contributed by atoms with E-state index in [0.29, 0.717) is 28.0 Å². The van der Waals surface area contributed by atoms with Crippen LogP contribution in [-0.2, 0) is 6.54 Å². The van der Waals surface area contributed by atoms with Gasteiger partial charge in [-0.2, -0.15) is 0 Å². The zero-order valence-electron chi connectivity index (χ0n) is 15.9. The van der Waals surface area contributed by atoms with E-state index in [-0.39, 0.29) is 29.8 Å². The van der Waals surface area contributed by atoms with Crippen LogP contribution in [0.5, 0.6) is 5.75 Å². The summed E-state index contributed by atoms with van der Waals surface area (Å²) in [5.74, 6) is -0.364. The summed E-state index contributed by atoms with van der Waals surface area (Å²) in [5, 5.41) is 9.45. The van der Waals surface area contributed by atoms with Crippen LogP contribution in [0.3, 0.4) is 0 Å². The summed E-state index contributed by atoms with van der Waals surface area (Å²) < 4.78 is 42.4. The average Bonchev–Trinajstić information content (AvgIpc) is 2.75. The lowest BCUT2D eigenvalue weighted by molar-refractivity contribution is -0.274. The molecule has 0 aliphatic rings. The van der Waals surface area contributed by atoms with Crippen molar-refractivity contribution in [3.8, 4) is 28.3 Å². The number of aromatic nitrogens is 4. The maximum absolute atomic E-state index is 12.9. The van der Waals surface area contributed by atoms with Crippen LogP contribution in [-0.4, -0.2) is 37.6 Å². The van der Waals surface area contributed by atoms with Crippen molar-refractivity contribution in [1.82, 2.24) is 19.5 Å². The van der Waals surface area contributed by atoms with Crippen LogP contribution in [0.4, 0.5) is 13.2 Å². The van der Waals surface area contributed by atoms with Crippen molar-refractivity contribution in [3.05, 3.63) is 71.5 Å². The van der Waals surface area contributed by atoms with Gasteiger partial charge < -0.3 is 9.84 Å². The maximum Gasteiger partial charge on any atom is 0.573 e. The van der Waals surface area contributed by atoms with E-state index in [9.17, 15) is 23.1 Å². The SMILES string of the molecule is O=c1c2cc(-c3ccc(OC(F)(F)F)cc3)nc(-c3cccnc3)c2ncn1CCO. The number of pyridine rings is 2. The van der Waals surface area contributed by atoms with Crippen LogP contribution in [0, 0.1) is 0 Å². The molecular formula is C21H15F3N4O3. The van der Waals surface area contributed by atoms with E-state index in [1.165, 1.54) is 41.2 Å². The van der Waals surface area contributed by atoms with Gasteiger partial charge in [0.05, 0.1) is 36.3 Å². The number of halogens is 3. The number of fused-ring (bicyclic) bond motifs is 1. The van der Waals surface area contributed by atoms with Crippen molar-refractivity contribution in [2.45, 2.75) is 12.9 Å². The Morgan fingerprint density at radius 2 is 1.87 bits per heavy atom. The molecule has 7 nitrogen and oxygen atoms in total. The normalized spacial score (nSPS) is 11.6. The van der Waals surface area contributed by atoms with Gasteiger partial charge in [-0.25, -0.2) is 9.97 Å². The molecule has 10 heteroatoms. The molecule has 31 heavy (non-hydrogen) atoms. The third-order valence-corrected chi connectivity index (χ3v) is 4.47. The van der Waals surface area contributed by atoms with Crippen molar-refractivity contribution in [1.29, 1.82) is 0 Å². The average molecular weight is 428 g/mol. The Bertz CT molecular complexity index is 1270. The first-order valence-corrected chi connectivity index (χ1v) is 9.13. The van der Waals surface area contributed by atoms with E-state index < -0.39 is 6.36 Å². The molecular weight excluding hydrogens is 413 g/mol. The lowest BCUT2D eigenvalue weighted by Crippen LogP contribution is -2.22. The van der Waals surface area contributed by atoms with E-state index in [1.54, 1.807) is 24.5 Å². The number of aliphatic hydroxyl groups excluding tert-OH is 1. The van der Waals surface area contributed by atoms with Crippen molar-refractivity contribution in [2.75, 3.05) is 6.61 Å². The van der Waals surface area contributed by atoms with Crippen LogP contribution < -0.4 is 10.3 Å². The van der Waals surface area contributed by atoms with Crippen molar-refractivity contribution < 1.29 is 23.0 Å². The van der Waals surface area contributed by atoms with Gasteiger partial charge in [-0.1, -0.05) is 0 Å². The Kier molecular flexibility index (Phi) is 5.38. The number of hydrogen-bond donors (Lipinski definition) is 1. The number of alkyl halides is 3. The number of nitrogens with zero attached hydrogens (tertiary/aromatic N) is 4. The monoisotopic (exact) mass is 428 g/mol. The Balaban J connectivity index is 1.89. The third-order valence-electron chi connectivity index (χ3n) is 4.47. The molecule has 0 aliphatic carbocycles. The molecule has 0 spiro atoms. The van der Waals surface area contributed by atoms with Gasteiger partial charge >= 0.3 is 6.36 Å². The van der Waals surface area contributed by atoms with Crippen LogP contribution in [0.15, 0.2) is 66.0 Å². The molecule has 0 saturated heterocycles. The summed E-state index contributed by atoms with van der Waals surface area (Å²) in [6, 6.07) is 10.2. The summed E-state index contributed by atoms with van der Waals surface area (Å²) in [5.41, 5.74) is 1.87. The van der Waals surface area contributed by atoms with E-state index in [0.717, 1.165) is 0 Å². The minimum Gasteiger partial charge on any atom is -0.406 e. The van der Waals surface area contributed by atoms with Gasteiger partial charge in [0, 0.05) is 23.5 Å². The molecule has 1 N–H and O–H groups in total. The topological polar surface area (TPSA) is 90.1 Å². The number of hydrogen-bond acceptors (Lipinski definition) is 6. The first-order valence-electron chi connectivity index (χ1n) is 9.13. The van der Waals surface area contributed by atoms with Gasteiger partial charge in [0.1, 0.15) is 11.3 Å². The van der Waals surface area contributed by atoms with Gasteiger partial charge in [-0.3, -0.25) is 14.3 Å². The highest BCUT2D eigenvalue weighted by molar-refractivity contribution is 5.93. The van der Waals surface area contributed by atoms with Crippen LogP contribution in [0.1, 0.15) is 0 Å². The third kappa shape index (κ3) is 4.38. The summed E-state index contributed by atoms with van der Waals surface area (Å²) in [6.45, 7) is -0.160. The Hall–Kier alpha value is -3.79. The Labute approximate surface area is 173 Å². The predicted octanol–water partition coefficient (Wildman–Crippen LogP) is 3.41. The second-order valence-corrected chi connectivity index (χ2v) is 6.53. The molecule has 4 aromatic rings. The second kappa shape index (κ2) is 8.15. The highest BCUT2D eigenvalue weighted by atomic mass is 19.4. The molecule has 3 heterocycles. The van der Waals surface area contributed by atoms with Crippen molar-refractivity contribution in [2.24, 2.45) is 0 Å². The van der Waals surface area contributed by atoms with E-state index in [2.05, 4.69) is 19.7 Å². The fourth-order valence-electron chi connectivity index (χ4n) is 3.11. The lowest BCUT2D eigenvalue weighted by Gasteiger charge is -2.12. The molecule has 0 radical (unpaired) electrons. The smallest absolute Gasteiger partial charge is 0.406 e. The highest BCUT2D eigenvalue weighted by Crippen LogP contribution is 2.30. The van der Waals surface area contributed by atoms with Gasteiger partial charge in [0.25, 0.3) is 5.56 Å². The summed E-state index contributed by atoms with van der Waals surface area (Å²) in [6.07, 6.45) is -0.283. The van der Waals surface area contributed by atoms with E-state index in [4.69, 9.17) is 0 Å². The van der Waals surface area contributed by atoms with Gasteiger partial charge in [-0.05, 0) is 42.5 Å². The lowest BCUT2D eigenvalue weighted by atomic mass is 10.1. The fraction of sp³-hybridized carbons (Fsp3) is 0.143. The molecule has 0 bridgehead atoms. The van der Waals surface area contributed by atoms with Gasteiger partial charge in [0.15, 0.2) is 0 Å². The fourth-order valence-corrected chi connectivity index (χ4v) is 3.11. The van der Waals surface area contributed by atoms with Crippen molar-refractivity contribution >= 4 is 10.9 Å². The van der Waals surface area contributed by atoms with E-state index >= 15 is 0 Å². The molecule has 0 fully saturated rings. The molecule has 158 valence electrons. The first kappa shape index (κ1) is 20.5. The van der Waals surface area contributed by atoms with Crippen LogP contribution in [0.25, 0.3) is 33.4 Å². The zero-order chi connectivity index (χ0) is 22.0. The molecule has 4 rings (SSSR count). The number of rotatable bonds is 5. The zero-order valence-corrected chi connectivity index (χ0v) is 15.9. The standard InChI is InChI=1S/C21H15F3N4O3/c22-21(23,24)31-15-5-3-13(4-6-15)17-10-16-19(26-12-28(8-9-29)20(16)30)18(27-17)14-2-1-7-25-11-14/h1-7,10-12,29H,8-9H2. The Morgan fingerprint density at radius 3 is 2.52 bits per heavy atom. The van der Waals surface area contributed by atoms with Crippen LogP contribution >= 0.6 is 0 Å². The number of aliphatic hydroxyl groups is 1. The molecule has 0 atom stereocenters. The van der Waals surface area contributed by atoms with Gasteiger partial charge in [-0.15, -0.1) is 13.2 Å². The number of ether oxygens (including phenoxy) is 1. The highest BCUT2D eigenvalue weighted by Gasteiger charge is 2.31. The summed E-state index contributed by atoms with van der Waals surface area (Å²) >= 11 is 0. The van der Waals surface area contributed by atoms with Crippen LogP contribution in [0.2, 0.25) is 0 Å². The summed E-state index contributed by atoms with van der Waals surface area (Å²) in [7, 11) is 0. The van der Waals surface area contributed by atoms with E-state index in [1.807, 2.05) is 0 Å². The molecule has 0 saturated carbocycles. The minimum absolute atomic E-state index is 0.0745. The predicted molar refractivity (Wildman–Crippen MR) is 106 cm³/mol. The molecule has 0 aliphatic heterocycles. The Morgan fingerprint density at radius 1 is 1.10 bits per heavy atom. The molecule has 0 unspecified atom stereocenters. The van der Waals surface area contributed by atoms with Gasteiger partial charge in [0.2, 0.25) is 0 Å². The number of benzene rings is 1. The second-order valence-electron chi connectivity index (χ2n) is 6.53. The first-order chi connectivity index (χ1) is 14.9. The maximum atomic E-state index is 12.9.